The fourth-order valence-corrected chi connectivity index (χ4v) is 4.27. The Hall–Kier alpha value is -1.86. The van der Waals surface area contributed by atoms with Crippen molar-refractivity contribution in [1.29, 1.82) is 0 Å². The molecule has 134 valence electrons. The van der Waals surface area contributed by atoms with Gasteiger partial charge in [-0.1, -0.05) is 11.6 Å². The second-order valence-corrected chi connectivity index (χ2v) is 7.37. The third kappa shape index (κ3) is 2.05. The summed E-state index contributed by atoms with van der Waals surface area (Å²) in [5, 5.41) is 21.4. The van der Waals surface area contributed by atoms with Crippen molar-refractivity contribution in [2.45, 2.75) is 44.1 Å². The highest BCUT2D eigenvalue weighted by Gasteiger charge is 2.59. The number of aromatic nitrogens is 1. The normalized spacial score (nSPS) is 27.8. The van der Waals surface area contributed by atoms with Gasteiger partial charge in [-0.2, -0.15) is 13.2 Å². The molecule has 2 aliphatic rings. The van der Waals surface area contributed by atoms with Crippen LogP contribution in [0.3, 0.4) is 0 Å². The molecule has 2 aliphatic heterocycles. The first-order valence-corrected chi connectivity index (χ1v) is 8.11. The highest BCUT2D eigenvalue weighted by Crippen LogP contribution is 2.64. The molecule has 0 saturated carbocycles. The highest BCUT2D eigenvalue weighted by atomic mass is 35.5. The van der Waals surface area contributed by atoms with Gasteiger partial charge in [0.05, 0.1) is 38.6 Å². The molecule has 1 saturated heterocycles. The quantitative estimate of drug-likeness (QED) is 0.753. The van der Waals surface area contributed by atoms with Gasteiger partial charge < -0.3 is 14.9 Å². The Labute approximate surface area is 146 Å². The fourth-order valence-electron chi connectivity index (χ4n) is 4.07. The van der Waals surface area contributed by atoms with Gasteiger partial charge in [0.2, 0.25) is 11.8 Å². The molecule has 1 aromatic carbocycles. The molecule has 8 heteroatoms. The van der Waals surface area contributed by atoms with Crippen LogP contribution in [0.5, 0.6) is 11.8 Å². The van der Waals surface area contributed by atoms with Crippen molar-refractivity contribution in [1.82, 2.24) is 4.57 Å². The molecule has 2 aromatic rings. The van der Waals surface area contributed by atoms with Gasteiger partial charge in [-0.3, -0.25) is 0 Å². The van der Waals surface area contributed by atoms with Crippen molar-refractivity contribution in [3.8, 4) is 17.4 Å². The van der Waals surface area contributed by atoms with Gasteiger partial charge in [-0.15, -0.1) is 0 Å². The molecule has 0 amide bonds. The van der Waals surface area contributed by atoms with E-state index in [1.54, 1.807) is 13.8 Å². The molecule has 1 fully saturated rings. The van der Waals surface area contributed by atoms with Crippen molar-refractivity contribution in [2.75, 3.05) is 0 Å². The lowest BCUT2D eigenvalue weighted by Crippen LogP contribution is -2.17. The summed E-state index contributed by atoms with van der Waals surface area (Å²) in [7, 11) is 0. The molecular weight excluding hydrogens is 359 g/mol. The molecule has 3 heterocycles. The number of aromatic hydroxyl groups is 2. The lowest BCUT2D eigenvalue weighted by atomic mass is 9.80. The maximum Gasteiger partial charge on any atom is 0.416 e. The predicted molar refractivity (Wildman–Crippen MR) is 84.1 cm³/mol. The minimum Gasteiger partial charge on any atom is -0.494 e. The highest BCUT2D eigenvalue weighted by molar-refractivity contribution is 6.32. The van der Waals surface area contributed by atoms with E-state index in [9.17, 15) is 23.4 Å². The summed E-state index contributed by atoms with van der Waals surface area (Å²) < 4.78 is 46.0. The summed E-state index contributed by atoms with van der Waals surface area (Å²) >= 11 is 6.06. The first kappa shape index (κ1) is 16.6. The molecule has 25 heavy (non-hydrogen) atoms. The van der Waals surface area contributed by atoms with E-state index in [1.165, 1.54) is 0 Å². The van der Waals surface area contributed by atoms with E-state index in [2.05, 4.69) is 0 Å². The average molecular weight is 374 g/mol. The summed E-state index contributed by atoms with van der Waals surface area (Å²) in [5.41, 5.74) is -1.81. The predicted octanol–water partition coefficient (Wildman–Crippen LogP) is 4.82. The van der Waals surface area contributed by atoms with E-state index in [1.807, 2.05) is 0 Å². The van der Waals surface area contributed by atoms with Crippen LogP contribution in [0.1, 0.15) is 43.4 Å². The minimum absolute atomic E-state index is 0.0177. The number of hydrogen-bond acceptors (Lipinski definition) is 3. The number of benzene rings is 1. The zero-order chi connectivity index (χ0) is 18.4. The number of halogens is 4. The zero-order valence-electron chi connectivity index (χ0n) is 13.4. The standard InChI is InChI=1S/C17H15ClF3NO3/c1-15-5-6-16(2,25-15)12-11(15)13(23)22(14(12)24)10-7-8(17(19,20)21)3-4-9(10)18/h3-4,7,23-24H,5-6H2,1-2H3. The second kappa shape index (κ2) is 4.65. The molecule has 2 atom stereocenters. The number of rotatable bonds is 1. The van der Waals surface area contributed by atoms with Crippen molar-refractivity contribution in [3.05, 3.63) is 39.9 Å². The Morgan fingerprint density at radius 2 is 1.60 bits per heavy atom. The van der Waals surface area contributed by atoms with Crippen LogP contribution in [0.4, 0.5) is 13.2 Å². The maximum absolute atomic E-state index is 13.0. The summed E-state index contributed by atoms with van der Waals surface area (Å²) in [6.45, 7) is 3.59. The van der Waals surface area contributed by atoms with Gasteiger partial charge in [-0.25, -0.2) is 4.57 Å². The number of fused-ring (bicyclic) bond motifs is 5. The van der Waals surface area contributed by atoms with Crippen LogP contribution in [-0.2, 0) is 22.1 Å². The monoisotopic (exact) mass is 373 g/mol. The van der Waals surface area contributed by atoms with E-state index < -0.39 is 22.9 Å². The van der Waals surface area contributed by atoms with Crippen molar-refractivity contribution in [2.24, 2.45) is 0 Å². The summed E-state index contributed by atoms with van der Waals surface area (Å²) in [6.07, 6.45) is -3.28. The molecule has 2 unspecified atom stereocenters. The Bertz CT molecular complexity index is 868. The smallest absolute Gasteiger partial charge is 0.416 e. The van der Waals surface area contributed by atoms with Crippen LogP contribution in [-0.4, -0.2) is 14.8 Å². The lowest BCUT2D eigenvalue weighted by molar-refractivity contribution is -0.137. The van der Waals surface area contributed by atoms with Crippen LogP contribution in [0.15, 0.2) is 18.2 Å². The fraction of sp³-hybridized carbons (Fsp3) is 0.412. The molecule has 0 spiro atoms. The van der Waals surface area contributed by atoms with Crippen molar-refractivity contribution in [3.63, 3.8) is 0 Å². The number of alkyl halides is 3. The Morgan fingerprint density at radius 3 is 2.08 bits per heavy atom. The number of nitrogens with zero attached hydrogens (tertiary/aromatic N) is 1. The Kier molecular flexibility index (Phi) is 3.09. The molecule has 0 radical (unpaired) electrons. The van der Waals surface area contributed by atoms with E-state index in [-0.39, 0.29) is 22.5 Å². The number of hydrogen-bond donors (Lipinski definition) is 2. The summed E-state index contributed by atoms with van der Waals surface area (Å²) in [6, 6.07) is 2.76. The molecule has 0 aliphatic carbocycles. The van der Waals surface area contributed by atoms with Gasteiger partial charge in [0.1, 0.15) is 0 Å². The van der Waals surface area contributed by atoms with Crippen LogP contribution in [0, 0.1) is 0 Å². The SMILES string of the molecule is CC12CCC(C)(O1)c1c2c(O)n(-c2cc(C(F)(F)F)ccc2Cl)c1O. The van der Waals surface area contributed by atoms with Gasteiger partial charge in [-0.05, 0) is 44.9 Å². The van der Waals surface area contributed by atoms with Crippen molar-refractivity contribution >= 4 is 11.6 Å². The second-order valence-electron chi connectivity index (χ2n) is 6.96. The van der Waals surface area contributed by atoms with Crippen LogP contribution in [0.2, 0.25) is 5.02 Å². The first-order valence-electron chi connectivity index (χ1n) is 7.73. The number of ether oxygens (including phenoxy) is 1. The van der Waals surface area contributed by atoms with Gasteiger partial charge in [0.15, 0.2) is 0 Å². The molecule has 1 aromatic heterocycles. The van der Waals surface area contributed by atoms with Gasteiger partial charge in [0.25, 0.3) is 0 Å². The Balaban J connectivity index is 1.99. The summed E-state index contributed by atoms with van der Waals surface area (Å²) in [5.74, 6) is -0.695. The van der Waals surface area contributed by atoms with E-state index >= 15 is 0 Å². The first-order chi connectivity index (χ1) is 11.5. The van der Waals surface area contributed by atoms with Gasteiger partial charge in [0, 0.05) is 0 Å². The maximum atomic E-state index is 13.0. The van der Waals surface area contributed by atoms with E-state index in [4.69, 9.17) is 16.3 Å². The van der Waals surface area contributed by atoms with E-state index in [0.29, 0.717) is 24.0 Å². The summed E-state index contributed by atoms with van der Waals surface area (Å²) in [4.78, 5) is 0. The third-order valence-electron chi connectivity index (χ3n) is 5.22. The van der Waals surface area contributed by atoms with Crippen LogP contribution >= 0.6 is 11.6 Å². The molecule has 4 nitrogen and oxygen atoms in total. The lowest BCUT2D eigenvalue weighted by Gasteiger charge is -2.21. The molecule has 2 N–H and O–H groups in total. The van der Waals surface area contributed by atoms with E-state index in [0.717, 1.165) is 22.8 Å². The Morgan fingerprint density at radius 1 is 1.08 bits per heavy atom. The van der Waals surface area contributed by atoms with Crippen LogP contribution < -0.4 is 0 Å². The topological polar surface area (TPSA) is 54.6 Å². The third-order valence-corrected chi connectivity index (χ3v) is 5.54. The van der Waals surface area contributed by atoms with Gasteiger partial charge >= 0.3 is 6.18 Å². The van der Waals surface area contributed by atoms with Crippen LogP contribution in [0.25, 0.3) is 5.69 Å². The minimum atomic E-state index is -4.57. The molecule has 2 bridgehead atoms. The molecule has 4 rings (SSSR count). The van der Waals surface area contributed by atoms with Crippen molar-refractivity contribution < 1.29 is 28.1 Å². The zero-order valence-corrected chi connectivity index (χ0v) is 14.2. The largest absolute Gasteiger partial charge is 0.494 e. The average Bonchev–Trinajstić information content (AvgIpc) is 3.04. The molecular formula is C17H15ClF3NO3.